The number of carbonyl (C=O) groups is 1. The zero-order valence-corrected chi connectivity index (χ0v) is 15.4. The van der Waals surface area contributed by atoms with Crippen molar-refractivity contribution < 1.29 is 4.79 Å². The topological polar surface area (TPSA) is 56.7 Å². The summed E-state index contributed by atoms with van der Waals surface area (Å²) >= 11 is 0. The van der Waals surface area contributed by atoms with Gasteiger partial charge in [-0.15, -0.1) is 0 Å². The van der Waals surface area contributed by atoms with Crippen LogP contribution >= 0.6 is 0 Å². The van der Waals surface area contributed by atoms with E-state index in [1.165, 1.54) is 38.5 Å². The molecule has 3 rings (SSSR count). The molecule has 3 aliphatic rings. The Morgan fingerprint density at radius 1 is 1.17 bits per heavy atom. The maximum Gasteiger partial charge on any atom is 0.225 e. The van der Waals surface area contributed by atoms with Gasteiger partial charge in [0.25, 0.3) is 0 Å². The summed E-state index contributed by atoms with van der Waals surface area (Å²) in [5, 5.41) is 7.08. The van der Waals surface area contributed by atoms with Crippen molar-refractivity contribution in [2.75, 3.05) is 20.1 Å². The van der Waals surface area contributed by atoms with Crippen molar-refractivity contribution in [3.63, 3.8) is 0 Å². The van der Waals surface area contributed by atoms with Crippen LogP contribution in [0.1, 0.15) is 64.7 Å². The average molecular weight is 335 g/mol. The molecule has 1 saturated heterocycles. The van der Waals surface area contributed by atoms with E-state index in [1.54, 1.807) is 0 Å². The van der Waals surface area contributed by atoms with Crippen LogP contribution in [0.25, 0.3) is 0 Å². The lowest BCUT2D eigenvalue weighted by Gasteiger charge is -2.26. The second-order valence-corrected chi connectivity index (χ2v) is 7.86. The third-order valence-corrected chi connectivity index (χ3v) is 5.92. The molecular formula is C19H34N4O. The van der Waals surface area contributed by atoms with Gasteiger partial charge in [0.15, 0.2) is 5.96 Å². The number of carbonyl (C=O) groups excluding carboxylic acids is 1. The third kappa shape index (κ3) is 4.42. The predicted octanol–water partition coefficient (Wildman–Crippen LogP) is 2.52. The van der Waals surface area contributed by atoms with Crippen LogP contribution in [0.3, 0.4) is 0 Å². The number of amides is 1. The number of nitrogens with one attached hydrogen (secondary N) is 2. The normalized spacial score (nSPS) is 31.2. The maximum atomic E-state index is 12.7. The van der Waals surface area contributed by atoms with Crippen LogP contribution in [0.15, 0.2) is 4.99 Å². The molecule has 0 aromatic rings. The van der Waals surface area contributed by atoms with Gasteiger partial charge in [-0.1, -0.05) is 32.6 Å². The van der Waals surface area contributed by atoms with Gasteiger partial charge in [-0.05, 0) is 38.0 Å². The summed E-state index contributed by atoms with van der Waals surface area (Å²) in [6.45, 7) is 3.98. The first-order chi connectivity index (χ1) is 11.7. The molecule has 24 heavy (non-hydrogen) atoms. The number of nitrogens with zero attached hydrogens (tertiary/aromatic N) is 2. The molecule has 0 spiro atoms. The molecule has 0 aromatic carbocycles. The third-order valence-electron chi connectivity index (χ3n) is 5.92. The zero-order valence-electron chi connectivity index (χ0n) is 15.4. The van der Waals surface area contributed by atoms with Crippen LogP contribution in [0, 0.1) is 11.8 Å². The molecule has 2 N–H and O–H groups in total. The minimum absolute atomic E-state index is 0.288. The van der Waals surface area contributed by atoms with E-state index in [-0.39, 0.29) is 5.92 Å². The molecule has 1 heterocycles. The van der Waals surface area contributed by atoms with Crippen molar-refractivity contribution in [1.82, 2.24) is 15.5 Å². The minimum atomic E-state index is 0.288. The number of aliphatic imine (C=N–C) groups is 1. The van der Waals surface area contributed by atoms with Crippen LogP contribution in [-0.4, -0.2) is 49.0 Å². The van der Waals surface area contributed by atoms with Gasteiger partial charge in [0.1, 0.15) is 0 Å². The van der Waals surface area contributed by atoms with Gasteiger partial charge in [-0.25, -0.2) is 0 Å². The fourth-order valence-electron chi connectivity index (χ4n) is 4.34. The van der Waals surface area contributed by atoms with Crippen molar-refractivity contribution in [3.05, 3.63) is 0 Å². The van der Waals surface area contributed by atoms with E-state index in [9.17, 15) is 4.79 Å². The Morgan fingerprint density at radius 3 is 2.67 bits per heavy atom. The molecule has 5 heteroatoms. The van der Waals surface area contributed by atoms with Crippen LogP contribution in [0.2, 0.25) is 0 Å². The lowest BCUT2D eigenvalue weighted by atomic mass is 9.88. The minimum Gasteiger partial charge on any atom is -0.353 e. The Morgan fingerprint density at radius 2 is 1.96 bits per heavy atom. The first kappa shape index (κ1) is 17.6. The maximum absolute atomic E-state index is 12.7. The summed E-state index contributed by atoms with van der Waals surface area (Å²) < 4.78 is 0. The molecule has 1 amide bonds. The Bertz CT molecular complexity index is 458. The van der Waals surface area contributed by atoms with Crippen molar-refractivity contribution in [3.8, 4) is 0 Å². The highest BCUT2D eigenvalue weighted by molar-refractivity contribution is 5.81. The van der Waals surface area contributed by atoms with E-state index in [0.717, 1.165) is 44.2 Å². The molecule has 3 unspecified atom stereocenters. The van der Waals surface area contributed by atoms with Gasteiger partial charge in [-0.2, -0.15) is 0 Å². The Kier molecular flexibility index (Phi) is 6.01. The Hall–Kier alpha value is -1.26. The fourth-order valence-corrected chi connectivity index (χ4v) is 4.34. The summed E-state index contributed by atoms with van der Waals surface area (Å²) in [5.74, 6) is 2.42. The predicted molar refractivity (Wildman–Crippen MR) is 98.0 cm³/mol. The number of likely N-dealkylation sites (tertiary alicyclic amines) is 1. The van der Waals surface area contributed by atoms with E-state index in [0.29, 0.717) is 18.0 Å². The highest BCUT2D eigenvalue weighted by Crippen LogP contribution is 2.34. The van der Waals surface area contributed by atoms with Crippen molar-refractivity contribution in [2.24, 2.45) is 16.8 Å². The van der Waals surface area contributed by atoms with Gasteiger partial charge >= 0.3 is 0 Å². The highest BCUT2D eigenvalue weighted by atomic mass is 16.2. The van der Waals surface area contributed by atoms with E-state index < -0.39 is 0 Å². The summed E-state index contributed by atoms with van der Waals surface area (Å²) in [4.78, 5) is 19.1. The Labute approximate surface area is 146 Å². The van der Waals surface area contributed by atoms with Crippen LogP contribution in [0.5, 0.6) is 0 Å². The SMILES string of the molecule is CCCC1CC1NC(=NC)NC1CCN(C(=O)C2CCCCC2)C1. The molecular weight excluding hydrogens is 300 g/mol. The molecule has 136 valence electrons. The smallest absolute Gasteiger partial charge is 0.225 e. The second-order valence-electron chi connectivity index (χ2n) is 7.86. The number of hydrogen-bond acceptors (Lipinski definition) is 2. The summed E-state index contributed by atoms with van der Waals surface area (Å²) in [6, 6.07) is 0.935. The standard InChI is InChI=1S/C19H34N4O/c1-3-7-15-12-17(15)22-19(20-2)21-16-10-11-23(13-16)18(24)14-8-5-4-6-9-14/h14-17H,3-13H2,1-2H3,(H2,20,21,22). The summed E-state index contributed by atoms with van der Waals surface area (Å²) in [7, 11) is 1.84. The van der Waals surface area contributed by atoms with Gasteiger partial charge in [-0.3, -0.25) is 9.79 Å². The van der Waals surface area contributed by atoms with Gasteiger partial charge in [0.2, 0.25) is 5.91 Å². The van der Waals surface area contributed by atoms with Gasteiger partial charge in [0.05, 0.1) is 0 Å². The lowest BCUT2D eigenvalue weighted by Crippen LogP contribution is -2.46. The number of hydrogen-bond donors (Lipinski definition) is 2. The molecule has 3 fully saturated rings. The van der Waals surface area contributed by atoms with Crippen molar-refractivity contribution >= 4 is 11.9 Å². The molecule has 5 nitrogen and oxygen atoms in total. The van der Waals surface area contributed by atoms with E-state index >= 15 is 0 Å². The highest BCUT2D eigenvalue weighted by Gasteiger charge is 2.37. The molecule has 3 atom stereocenters. The molecule has 2 aliphatic carbocycles. The van der Waals surface area contributed by atoms with Crippen molar-refractivity contribution in [1.29, 1.82) is 0 Å². The lowest BCUT2D eigenvalue weighted by molar-refractivity contribution is -0.135. The van der Waals surface area contributed by atoms with Crippen LogP contribution < -0.4 is 10.6 Å². The second kappa shape index (κ2) is 8.21. The van der Waals surface area contributed by atoms with E-state index in [1.807, 2.05) is 7.05 Å². The van der Waals surface area contributed by atoms with E-state index in [2.05, 4.69) is 27.4 Å². The van der Waals surface area contributed by atoms with Gasteiger partial charge < -0.3 is 15.5 Å². The fraction of sp³-hybridized carbons (Fsp3) is 0.895. The first-order valence-electron chi connectivity index (χ1n) is 10.00. The molecule has 1 aliphatic heterocycles. The first-order valence-corrected chi connectivity index (χ1v) is 10.00. The van der Waals surface area contributed by atoms with Gasteiger partial charge in [0, 0.05) is 38.1 Å². The summed E-state index contributed by atoms with van der Waals surface area (Å²) in [6.07, 6.45) is 10.8. The molecule has 2 saturated carbocycles. The quantitative estimate of drug-likeness (QED) is 0.600. The summed E-state index contributed by atoms with van der Waals surface area (Å²) in [5.41, 5.74) is 0. The number of rotatable bonds is 5. The Balaban J connectivity index is 1.42. The molecule has 0 aromatic heterocycles. The van der Waals surface area contributed by atoms with E-state index in [4.69, 9.17) is 0 Å². The van der Waals surface area contributed by atoms with Crippen LogP contribution in [0.4, 0.5) is 0 Å². The largest absolute Gasteiger partial charge is 0.353 e. The zero-order chi connectivity index (χ0) is 16.9. The number of guanidine groups is 1. The monoisotopic (exact) mass is 334 g/mol. The molecule has 0 bridgehead atoms. The average Bonchev–Trinajstić information content (AvgIpc) is 3.17. The molecule has 0 radical (unpaired) electrons. The van der Waals surface area contributed by atoms with Crippen molar-refractivity contribution in [2.45, 2.75) is 76.8 Å². The van der Waals surface area contributed by atoms with Crippen LogP contribution in [-0.2, 0) is 4.79 Å².